The zero-order chi connectivity index (χ0) is 8.55. The van der Waals surface area contributed by atoms with Crippen LogP contribution in [-0.2, 0) is 9.47 Å². The number of nitrogens with zero attached hydrogens (tertiary/aromatic N) is 2. The lowest BCUT2D eigenvalue weighted by atomic mass is 10.4. The molecule has 0 amide bonds. The molecule has 0 aromatic heterocycles. The average molecular weight is 168 g/mol. The third kappa shape index (κ3) is 1.29. The molecule has 0 spiro atoms. The highest BCUT2D eigenvalue weighted by Crippen LogP contribution is 2.10. The molecule has 2 rings (SSSR count). The van der Waals surface area contributed by atoms with E-state index in [-0.39, 0.29) is 12.1 Å². The molecule has 0 aromatic carbocycles. The molecular formula is C8H12N2O2. The fourth-order valence-corrected chi connectivity index (χ4v) is 1.18. The summed E-state index contributed by atoms with van der Waals surface area (Å²) in [5.41, 5.74) is 0. The zero-order valence-corrected chi connectivity index (χ0v) is 7.28. The standard InChI is InChI=1S/C8H12N2O2/c1-5-3-11-7(9-5)8-10-6(2)4-12-8/h5-6H,3-4H2,1-2H3/t5-,6-/m1/s1. The molecule has 2 aliphatic heterocycles. The van der Waals surface area contributed by atoms with E-state index in [0.29, 0.717) is 25.0 Å². The largest absolute Gasteiger partial charge is 0.472 e. The topological polar surface area (TPSA) is 43.2 Å². The van der Waals surface area contributed by atoms with Crippen LogP contribution in [0.4, 0.5) is 0 Å². The number of ether oxygens (including phenoxy) is 2. The first-order valence-electron chi connectivity index (χ1n) is 4.17. The molecule has 66 valence electrons. The van der Waals surface area contributed by atoms with Crippen molar-refractivity contribution in [1.29, 1.82) is 0 Å². The molecule has 0 unspecified atom stereocenters. The lowest BCUT2D eigenvalue weighted by Gasteiger charge is -1.99. The first-order valence-corrected chi connectivity index (χ1v) is 4.17. The van der Waals surface area contributed by atoms with Gasteiger partial charge in [-0.1, -0.05) is 0 Å². The molecule has 12 heavy (non-hydrogen) atoms. The minimum Gasteiger partial charge on any atom is -0.472 e. The molecular weight excluding hydrogens is 156 g/mol. The van der Waals surface area contributed by atoms with Gasteiger partial charge in [-0.3, -0.25) is 0 Å². The molecule has 4 heteroatoms. The fraction of sp³-hybridized carbons (Fsp3) is 0.750. The third-order valence-corrected chi connectivity index (χ3v) is 1.78. The Balaban J connectivity index is 2.10. The summed E-state index contributed by atoms with van der Waals surface area (Å²) in [6.07, 6.45) is 0. The van der Waals surface area contributed by atoms with Gasteiger partial charge in [0.05, 0.1) is 12.1 Å². The maximum absolute atomic E-state index is 5.29. The monoisotopic (exact) mass is 168 g/mol. The molecule has 0 aliphatic carbocycles. The maximum atomic E-state index is 5.29. The molecule has 0 saturated carbocycles. The Morgan fingerprint density at radius 1 is 1.00 bits per heavy atom. The van der Waals surface area contributed by atoms with E-state index >= 15 is 0 Å². The van der Waals surface area contributed by atoms with Gasteiger partial charge in [-0.15, -0.1) is 0 Å². The predicted octanol–water partition coefficient (Wildman–Crippen LogP) is 0.621. The average Bonchev–Trinajstić information content (AvgIpc) is 2.58. The van der Waals surface area contributed by atoms with Crippen molar-refractivity contribution in [1.82, 2.24) is 0 Å². The van der Waals surface area contributed by atoms with Gasteiger partial charge in [0.25, 0.3) is 11.8 Å². The highest BCUT2D eigenvalue weighted by molar-refractivity contribution is 6.36. The number of rotatable bonds is 1. The van der Waals surface area contributed by atoms with Gasteiger partial charge >= 0.3 is 0 Å². The first kappa shape index (κ1) is 7.58. The van der Waals surface area contributed by atoms with E-state index in [4.69, 9.17) is 9.47 Å². The third-order valence-electron chi connectivity index (χ3n) is 1.78. The van der Waals surface area contributed by atoms with Crippen LogP contribution in [0.1, 0.15) is 13.8 Å². The smallest absolute Gasteiger partial charge is 0.273 e. The van der Waals surface area contributed by atoms with Crippen molar-refractivity contribution in [3.63, 3.8) is 0 Å². The SMILES string of the molecule is C[C@@H]1COC(C2=N[C@H](C)CO2)=N1. The van der Waals surface area contributed by atoms with Gasteiger partial charge in [0.2, 0.25) is 0 Å². The quantitative estimate of drug-likeness (QED) is 0.576. The van der Waals surface area contributed by atoms with E-state index < -0.39 is 0 Å². The minimum atomic E-state index is 0.238. The lowest BCUT2D eigenvalue weighted by Crippen LogP contribution is -2.14. The van der Waals surface area contributed by atoms with Crippen LogP contribution in [-0.4, -0.2) is 37.1 Å². The normalized spacial score (nSPS) is 33.8. The summed E-state index contributed by atoms with van der Waals surface area (Å²) in [5.74, 6) is 1.15. The number of hydrogen-bond donors (Lipinski definition) is 0. The molecule has 0 N–H and O–H groups in total. The summed E-state index contributed by atoms with van der Waals surface area (Å²) < 4.78 is 10.6. The summed E-state index contributed by atoms with van der Waals surface area (Å²) in [4.78, 5) is 8.49. The van der Waals surface area contributed by atoms with E-state index in [0.717, 1.165) is 0 Å². The minimum absolute atomic E-state index is 0.238. The van der Waals surface area contributed by atoms with Crippen molar-refractivity contribution in [2.45, 2.75) is 25.9 Å². The van der Waals surface area contributed by atoms with E-state index in [1.807, 2.05) is 13.8 Å². The summed E-state index contributed by atoms with van der Waals surface area (Å²) in [7, 11) is 0. The lowest BCUT2D eigenvalue weighted by molar-refractivity contribution is 0.299. The molecule has 0 aromatic rings. The van der Waals surface area contributed by atoms with Gasteiger partial charge in [-0.25, -0.2) is 9.98 Å². The highest BCUT2D eigenvalue weighted by Gasteiger charge is 2.25. The summed E-state index contributed by atoms with van der Waals surface area (Å²) in [6, 6.07) is 0.476. The number of aliphatic imine (C=N–C) groups is 2. The second-order valence-electron chi connectivity index (χ2n) is 3.19. The molecule has 2 aliphatic rings. The van der Waals surface area contributed by atoms with Gasteiger partial charge in [-0.05, 0) is 13.8 Å². The number of hydrogen-bond acceptors (Lipinski definition) is 4. The van der Waals surface area contributed by atoms with Crippen molar-refractivity contribution in [2.24, 2.45) is 9.98 Å². The van der Waals surface area contributed by atoms with Gasteiger partial charge < -0.3 is 9.47 Å². The zero-order valence-electron chi connectivity index (χ0n) is 7.28. The van der Waals surface area contributed by atoms with Crippen LogP contribution >= 0.6 is 0 Å². The van der Waals surface area contributed by atoms with Gasteiger partial charge in [0.15, 0.2) is 0 Å². The second kappa shape index (κ2) is 2.77. The summed E-state index contributed by atoms with van der Waals surface area (Å²) in [5, 5.41) is 0. The molecule has 0 saturated heterocycles. The molecule has 0 fully saturated rings. The highest BCUT2D eigenvalue weighted by atomic mass is 16.5. The molecule has 0 radical (unpaired) electrons. The Morgan fingerprint density at radius 2 is 1.42 bits per heavy atom. The summed E-state index contributed by atoms with van der Waals surface area (Å²) >= 11 is 0. The van der Waals surface area contributed by atoms with E-state index in [2.05, 4.69) is 9.98 Å². The molecule has 0 bridgehead atoms. The van der Waals surface area contributed by atoms with E-state index in [1.54, 1.807) is 0 Å². The van der Waals surface area contributed by atoms with Crippen molar-refractivity contribution in [3.8, 4) is 0 Å². The first-order chi connectivity index (χ1) is 5.75. The summed E-state index contributed by atoms with van der Waals surface area (Å²) in [6.45, 7) is 5.30. The Labute approximate surface area is 71.3 Å². The Hall–Kier alpha value is -1.06. The van der Waals surface area contributed by atoms with Crippen LogP contribution in [0.25, 0.3) is 0 Å². The van der Waals surface area contributed by atoms with Gasteiger partial charge in [0.1, 0.15) is 13.2 Å². The Bertz CT molecular complexity index is 221. The van der Waals surface area contributed by atoms with Crippen LogP contribution in [0.5, 0.6) is 0 Å². The fourth-order valence-electron chi connectivity index (χ4n) is 1.18. The van der Waals surface area contributed by atoms with Crippen LogP contribution in [0.15, 0.2) is 9.98 Å². The molecule has 2 heterocycles. The van der Waals surface area contributed by atoms with Crippen LogP contribution in [0.3, 0.4) is 0 Å². The second-order valence-corrected chi connectivity index (χ2v) is 3.19. The van der Waals surface area contributed by atoms with Crippen LogP contribution in [0, 0.1) is 0 Å². The van der Waals surface area contributed by atoms with E-state index in [9.17, 15) is 0 Å². The van der Waals surface area contributed by atoms with Crippen LogP contribution in [0.2, 0.25) is 0 Å². The Morgan fingerprint density at radius 3 is 1.67 bits per heavy atom. The Kier molecular flexibility index (Phi) is 1.75. The van der Waals surface area contributed by atoms with Crippen molar-refractivity contribution in [2.75, 3.05) is 13.2 Å². The molecule has 4 nitrogen and oxygen atoms in total. The molecule has 2 atom stereocenters. The van der Waals surface area contributed by atoms with Crippen molar-refractivity contribution < 1.29 is 9.47 Å². The van der Waals surface area contributed by atoms with Gasteiger partial charge in [-0.2, -0.15) is 0 Å². The van der Waals surface area contributed by atoms with E-state index in [1.165, 1.54) is 0 Å². The van der Waals surface area contributed by atoms with Gasteiger partial charge in [0, 0.05) is 0 Å². The predicted molar refractivity (Wildman–Crippen MR) is 45.7 cm³/mol. The van der Waals surface area contributed by atoms with Crippen molar-refractivity contribution in [3.05, 3.63) is 0 Å². The maximum Gasteiger partial charge on any atom is 0.273 e. The van der Waals surface area contributed by atoms with Crippen molar-refractivity contribution >= 4 is 11.8 Å². The van der Waals surface area contributed by atoms with Crippen LogP contribution < -0.4 is 0 Å².